The number of para-hydroxylation sites is 1. The first kappa shape index (κ1) is 14.8. The van der Waals surface area contributed by atoms with Crippen LogP contribution in [-0.4, -0.2) is 17.4 Å². The van der Waals surface area contributed by atoms with Crippen LogP contribution >= 0.6 is 11.3 Å². The van der Waals surface area contributed by atoms with Crippen LogP contribution in [0.5, 0.6) is 5.75 Å². The molecule has 4 nitrogen and oxygen atoms in total. The number of hydrogen-bond donors (Lipinski definition) is 0. The monoisotopic (exact) mass is 335 g/mol. The van der Waals surface area contributed by atoms with E-state index < -0.39 is 0 Å². The smallest absolute Gasteiger partial charge is 0.229 e. The Morgan fingerprint density at radius 2 is 1.79 bits per heavy atom. The largest absolute Gasteiger partial charge is 0.480 e. The van der Waals surface area contributed by atoms with Crippen LogP contribution in [0.2, 0.25) is 0 Å². The highest BCUT2D eigenvalue weighted by molar-refractivity contribution is 7.21. The standard InChI is InChI=1S/C19H13NO3S/c1-11(21)10-23-18-17(22)13-7-3-2-6-12(13)16-19(18)24-15-9-5-4-8-14(15)20-16/h2-9H,10H2,1H3. The van der Waals surface area contributed by atoms with Crippen LogP contribution in [-0.2, 0) is 4.79 Å². The molecule has 0 fully saturated rings. The molecule has 0 spiro atoms. The molecule has 0 saturated carbocycles. The number of ether oxygens (including phenoxy) is 1. The second-order valence-electron chi connectivity index (χ2n) is 5.55. The van der Waals surface area contributed by atoms with Crippen molar-refractivity contribution in [2.24, 2.45) is 0 Å². The Hall–Kier alpha value is -2.79. The zero-order chi connectivity index (χ0) is 16.7. The minimum absolute atomic E-state index is 0.123. The van der Waals surface area contributed by atoms with Crippen LogP contribution in [0.25, 0.3) is 31.6 Å². The maximum atomic E-state index is 12.8. The Morgan fingerprint density at radius 1 is 1.08 bits per heavy atom. The van der Waals surface area contributed by atoms with Crippen LogP contribution in [0.1, 0.15) is 6.92 Å². The summed E-state index contributed by atoms with van der Waals surface area (Å²) >= 11 is 1.46. The molecule has 1 aliphatic heterocycles. The van der Waals surface area contributed by atoms with Crippen molar-refractivity contribution in [3.8, 4) is 16.3 Å². The lowest BCUT2D eigenvalue weighted by atomic mass is 10.0. The van der Waals surface area contributed by atoms with E-state index in [0.717, 1.165) is 21.3 Å². The molecule has 0 radical (unpaired) electrons. The number of Topliss-reactive ketones (excluding diaryl/α,β-unsaturated/α-hetero) is 1. The Labute approximate surface area is 141 Å². The van der Waals surface area contributed by atoms with Gasteiger partial charge >= 0.3 is 0 Å². The normalized spacial score (nSPS) is 11.2. The SMILES string of the molecule is CC(=O)COc1c2sc3ccccc3nc-2c2ccccc2c1=O. The Kier molecular flexibility index (Phi) is 3.50. The fraction of sp³-hybridized carbons (Fsp3) is 0.105. The van der Waals surface area contributed by atoms with E-state index in [9.17, 15) is 9.59 Å². The molecule has 4 rings (SSSR count). The summed E-state index contributed by atoms with van der Waals surface area (Å²) in [5.41, 5.74) is 1.40. The predicted octanol–water partition coefficient (Wildman–Crippen LogP) is 3.88. The number of carbonyl (C=O) groups excluding carboxylic acids is 1. The molecule has 0 bridgehead atoms. The van der Waals surface area contributed by atoms with Gasteiger partial charge in [-0.2, -0.15) is 0 Å². The predicted molar refractivity (Wildman–Crippen MR) is 96.2 cm³/mol. The highest BCUT2D eigenvalue weighted by atomic mass is 32.1. The summed E-state index contributed by atoms with van der Waals surface area (Å²) in [7, 11) is 0. The second kappa shape index (κ2) is 5.69. The fourth-order valence-electron chi connectivity index (χ4n) is 2.72. The number of ketones is 1. The fourth-order valence-corrected chi connectivity index (χ4v) is 3.80. The van der Waals surface area contributed by atoms with E-state index >= 15 is 0 Å². The third-order valence-corrected chi connectivity index (χ3v) is 4.93. The molecule has 0 amide bonds. The highest BCUT2D eigenvalue weighted by Gasteiger charge is 2.21. The number of nitrogens with zero attached hydrogens (tertiary/aromatic N) is 1. The average Bonchev–Trinajstić information content (AvgIpc) is 2.60. The van der Waals surface area contributed by atoms with Gasteiger partial charge < -0.3 is 4.74 Å². The molecule has 1 heterocycles. The molecule has 0 saturated heterocycles. The first-order chi connectivity index (χ1) is 11.6. The molecule has 1 aliphatic carbocycles. The molecule has 24 heavy (non-hydrogen) atoms. The van der Waals surface area contributed by atoms with E-state index in [0.29, 0.717) is 10.3 Å². The molecular formula is C19H13NO3S. The maximum absolute atomic E-state index is 12.8. The minimum Gasteiger partial charge on any atom is -0.480 e. The summed E-state index contributed by atoms with van der Waals surface area (Å²) in [5, 5.41) is 1.35. The number of carbonyl (C=O) groups is 1. The molecule has 0 aromatic heterocycles. The average molecular weight is 335 g/mol. The van der Waals surface area contributed by atoms with Crippen molar-refractivity contribution in [3.63, 3.8) is 0 Å². The van der Waals surface area contributed by atoms with Gasteiger partial charge in [0.1, 0.15) is 11.5 Å². The van der Waals surface area contributed by atoms with Crippen LogP contribution in [0.4, 0.5) is 0 Å². The van der Waals surface area contributed by atoms with E-state index in [2.05, 4.69) is 0 Å². The van der Waals surface area contributed by atoms with Crippen molar-refractivity contribution in [3.05, 3.63) is 58.8 Å². The van der Waals surface area contributed by atoms with Crippen molar-refractivity contribution in [1.29, 1.82) is 0 Å². The zero-order valence-electron chi connectivity index (χ0n) is 12.9. The van der Waals surface area contributed by atoms with Crippen LogP contribution in [0.15, 0.2) is 53.3 Å². The lowest BCUT2D eigenvalue weighted by Gasteiger charge is -2.14. The van der Waals surface area contributed by atoms with E-state index in [-0.39, 0.29) is 23.6 Å². The number of aromatic nitrogens is 1. The van der Waals surface area contributed by atoms with Crippen molar-refractivity contribution in [2.45, 2.75) is 6.92 Å². The number of rotatable bonds is 3. The van der Waals surface area contributed by atoms with Gasteiger partial charge in [-0.3, -0.25) is 9.59 Å². The summed E-state index contributed by atoms with van der Waals surface area (Å²) in [4.78, 5) is 29.6. The number of benzene rings is 3. The quantitative estimate of drug-likeness (QED) is 0.421. The van der Waals surface area contributed by atoms with Crippen molar-refractivity contribution in [2.75, 3.05) is 6.61 Å². The molecule has 5 heteroatoms. The van der Waals surface area contributed by atoms with Gasteiger partial charge in [0, 0.05) is 10.8 Å². The van der Waals surface area contributed by atoms with Crippen molar-refractivity contribution >= 4 is 38.1 Å². The van der Waals surface area contributed by atoms with Crippen LogP contribution in [0.3, 0.4) is 0 Å². The van der Waals surface area contributed by atoms with Gasteiger partial charge in [0.05, 0.1) is 15.9 Å². The second-order valence-corrected chi connectivity index (χ2v) is 6.61. The molecule has 0 N–H and O–H groups in total. The third kappa shape index (κ3) is 2.34. The molecule has 0 atom stereocenters. The van der Waals surface area contributed by atoms with Gasteiger partial charge in [-0.05, 0) is 19.1 Å². The lowest BCUT2D eigenvalue weighted by molar-refractivity contribution is -0.118. The van der Waals surface area contributed by atoms with Gasteiger partial charge in [0.15, 0.2) is 11.5 Å². The van der Waals surface area contributed by atoms with E-state index in [1.807, 2.05) is 42.5 Å². The lowest BCUT2D eigenvalue weighted by Crippen LogP contribution is -2.15. The summed E-state index contributed by atoms with van der Waals surface area (Å²) in [6, 6.07) is 15.1. The van der Waals surface area contributed by atoms with Gasteiger partial charge in [-0.25, -0.2) is 4.98 Å². The van der Waals surface area contributed by atoms with Gasteiger partial charge in [0.25, 0.3) is 0 Å². The minimum atomic E-state index is -0.201. The van der Waals surface area contributed by atoms with Crippen LogP contribution < -0.4 is 10.2 Å². The molecule has 0 unspecified atom stereocenters. The Balaban J connectivity index is 2.14. The highest BCUT2D eigenvalue weighted by Crippen LogP contribution is 2.40. The first-order valence-corrected chi connectivity index (χ1v) is 8.33. The van der Waals surface area contributed by atoms with E-state index in [4.69, 9.17) is 9.72 Å². The van der Waals surface area contributed by atoms with Crippen molar-refractivity contribution in [1.82, 2.24) is 4.98 Å². The molecular weight excluding hydrogens is 322 g/mol. The summed E-state index contributed by atoms with van der Waals surface area (Å²) in [6.45, 7) is 1.31. The Morgan fingerprint density at radius 3 is 2.58 bits per heavy atom. The first-order valence-electron chi connectivity index (χ1n) is 7.51. The van der Waals surface area contributed by atoms with Crippen molar-refractivity contribution < 1.29 is 9.53 Å². The third-order valence-electron chi connectivity index (χ3n) is 3.78. The number of hydrogen-bond acceptors (Lipinski definition) is 5. The number of fused-ring (bicyclic) bond motifs is 4. The van der Waals surface area contributed by atoms with E-state index in [1.165, 1.54) is 18.3 Å². The summed E-state index contributed by atoms with van der Waals surface area (Å²) < 4.78 is 6.54. The van der Waals surface area contributed by atoms with Gasteiger partial charge in [-0.1, -0.05) is 36.4 Å². The molecule has 2 aromatic rings. The topological polar surface area (TPSA) is 56.3 Å². The zero-order valence-corrected chi connectivity index (χ0v) is 13.7. The Bertz CT molecular complexity index is 1120. The van der Waals surface area contributed by atoms with E-state index in [1.54, 1.807) is 6.07 Å². The summed E-state index contributed by atoms with van der Waals surface area (Å²) in [5.74, 6) is 0.0802. The van der Waals surface area contributed by atoms with Gasteiger partial charge in [-0.15, -0.1) is 11.3 Å². The molecule has 2 aliphatic rings. The van der Waals surface area contributed by atoms with Gasteiger partial charge in [0.2, 0.25) is 5.43 Å². The van der Waals surface area contributed by atoms with Crippen LogP contribution in [0, 0.1) is 0 Å². The summed E-state index contributed by atoms with van der Waals surface area (Å²) in [6.07, 6.45) is 0. The molecule has 118 valence electrons. The molecule has 2 aromatic carbocycles. The maximum Gasteiger partial charge on any atom is 0.229 e.